The van der Waals surface area contributed by atoms with Crippen LogP contribution >= 0.6 is 0 Å². The van der Waals surface area contributed by atoms with Crippen molar-refractivity contribution < 1.29 is 20.1 Å². The summed E-state index contributed by atoms with van der Waals surface area (Å²) in [6.45, 7) is 6.29. The molecule has 3 unspecified atom stereocenters. The Labute approximate surface area is 103 Å². The maximum Gasteiger partial charge on any atom is 0.184 e. The summed E-state index contributed by atoms with van der Waals surface area (Å²) in [5.41, 5.74) is -0.996. The van der Waals surface area contributed by atoms with Crippen LogP contribution in [0.5, 0.6) is 0 Å². The first-order valence-electron chi connectivity index (χ1n) is 6.60. The van der Waals surface area contributed by atoms with E-state index in [0.717, 1.165) is 12.8 Å². The second kappa shape index (κ2) is 4.50. The molecule has 100 valence electrons. The summed E-state index contributed by atoms with van der Waals surface area (Å²) >= 11 is 0. The fourth-order valence-electron chi connectivity index (χ4n) is 3.55. The van der Waals surface area contributed by atoms with Gasteiger partial charge in [0.05, 0.1) is 5.60 Å². The fourth-order valence-corrected chi connectivity index (χ4v) is 3.55. The second-order valence-corrected chi connectivity index (χ2v) is 6.17. The first-order valence-corrected chi connectivity index (χ1v) is 6.60. The molecular formula is C13H24O4. The van der Waals surface area contributed by atoms with Crippen LogP contribution in [-0.4, -0.2) is 39.4 Å². The van der Waals surface area contributed by atoms with Gasteiger partial charge in [0.15, 0.2) is 6.29 Å². The monoisotopic (exact) mass is 244 g/mol. The summed E-state index contributed by atoms with van der Waals surface area (Å²) in [4.78, 5) is 0. The first kappa shape index (κ1) is 13.3. The van der Waals surface area contributed by atoms with Crippen LogP contribution in [0.1, 0.15) is 40.0 Å². The Morgan fingerprint density at radius 1 is 1.24 bits per heavy atom. The molecule has 4 nitrogen and oxygen atoms in total. The highest BCUT2D eigenvalue weighted by atomic mass is 16.7. The molecule has 3 N–H and O–H groups in total. The minimum atomic E-state index is -1.13. The molecule has 1 saturated carbocycles. The predicted molar refractivity (Wildman–Crippen MR) is 63.2 cm³/mol. The van der Waals surface area contributed by atoms with Crippen LogP contribution in [0.25, 0.3) is 0 Å². The van der Waals surface area contributed by atoms with Crippen LogP contribution in [0, 0.1) is 17.8 Å². The maximum absolute atomic E-state index is 10.9. The lowest BCUT2D eigenvalue weighted by Gasteiger charge is -2.54. The van der Waals surface area contributed by atoms with E-state index < -0.39 is 24.1 Å². The Morgan fingerprint density at radius 3 is 2.35 bits per heavy atom. The summed E-state index contributed by atoms with van der Waals surface area (Å²) < 4.78 is 5.18. The van der Waals surface area contributed by atoms with E-state index in [1.165, 1.54) is 0 Å². The average Bonchev–Trinajstić information content (AvgIpc) is 2.24. The third kappa shape index (κ3) is 2.12. The molecule has 4 heteroatoms. The van der Waals surface area contributed by atoms with E-state index in [1.807, 2.05) is 0 Å². The van der Waals surface area contributed by atoms with E-state index in [1.54, 1.807) is 0 Å². The summed E-state index contributed by atoms with van der Waals surface area (Å²) in [7, 11) is 0. The lowest BCUT2D eigenvalue weighted by molar-refractivity contribution is -0.359. The van der Waals surface area contributed by atoms with Gasteiger partial charge in [0, 0.05) is 0 Å². The van der Waals surface area contributed by atoms with Gasteiger partial charge in [0.2, 0.25) is 0 Å². The van der Waals surface area contributed by atoms with E-state index in [2.05, 4.69) is 20.8 Å². The normalized spacial score (nSPS) is 51.4. The molecule has 0 aromatic rings. The molecule has 0 bridgehead atoms. The van der Waals surface area contributed by atoms with Crippen LogP contribution in [0.15, 0.2) is 0 Å². The summed E-state index contributed by atoms with van der Waals surface area (Å²) in [5.74, 6) is 0.912. The third-order valence-corrected chi connectivity index (χ3v) is 4.47. The van der Waals surface area contributed by atoms with E-state index in [9.17, 15) is 15.3 Å². The van der Waals surface area contributed by atoms with Crippen molar-refractivity contribution in [2.24, 2.45) is 17.8 Å². The van der Waals surface area contributed by atoms with Gasteiger partial charge in [-0.2, -0.15) is 0 Å². The number of aliphatic hydroxyl groups excluding tert-OH is 2. The summed E-state index contributed by atoms with van der Waals surface area (Å²) in [5, 5.41) is 29.9. The van der Waals surface area contributed by atoms with Gasteiger partial charge in [0.1, 0.15) is 12.2 Å². The van der Waals surface area contributed by atoms with Crippen molar-refractivity contribution in [2.75, 3.05) is 0 Å². The SMILES string of the molecule is CC(C)[C@@H]1CC[C@@H](C)C[C@]1(O)C1OC(O)C1O. The topological polar surface area (TPSA) is 69.9 Å². The van der Waals surface area contributed by atoms with Crippen LogP contribution in [0.3, 0.4) is 0 Å². The molecule has 2 rings (SSSR count). The summed E-state index contributed by atoms with van der Waals surface area (Å²) in [6.07, 6.45) is -0.00739. The van der Waals surface area contributed by atoms with Crippen LogP contribution in [-0.2, 0) is 4.74 Å². The van der Waals surface area contributed by atoms with E-state index >= 15 is 0 Å². The van der Waals surface area contributed by atoms with Gasteiger partial charge in [-0.05, 0) is 30.6 Å². The number of ether oxygens (including phenoxy) is 1. The molecule has 6 atom stereocenters. The molecule has 2 aliphatic rings. The van der Waals surface area contributed by atoms with Crippen molar-refractivity contribution in [3.05, 3.63) is 0 Å². The Balaban J connectivity index is 2.17. The van der Waals surface area contributed by atoms with Crippen molar-refractivity contribution in [3.8, 4) is 0 Å². The number of hydrogen-bond acceptors (Lipinski definition) is 4. The van der Waals surface area contributed by atoms with Crippen molar-refractivity contribution >= 4 is 0 Å². The molecule has 0 spiro atoms. The smallest absolute Gasteiger partial charge is 0.184 e. The highest BCUT2D eigenvalue weighted by Gasteiger charge is 2.58. The zero-order valence-electron chi connectivity index (χ0n) is 10.8. The van der Waals surface area contributed by atoms with E-state index in [0.29, 0.717) is 18.3 Å². The molecule has 0 radical (unpaired) electrons. The average molecular weight is 244 g/mol. The van der Waals surface area contributed by atoms with Crippen molar-refractivity contribution in [1.29, 1.82) is 0 Å². The lowest BCUT2D eigenvalue weighted by atomic mass is 9.63. The van der Waals surface area contributed by atoms with Gasteiger partial charge < -0.3 is 20.1 Å². The maximum atomic E-state index is 10.9. The molecule has 2 fully saturated rings. The van der Waals surface area contributed by atoms with Crippen LogP contribution in [0.2, 0.25) is 0 Å². The minimum Gasteiger partial charge on any atom is -0.387 e. The minimum absolute atomic E-state index is 0.130. The quantitative estimate of drug-likeness (QED) is 0.674. The third-order valence-electron chi connectivity index (χ3n) is 4.47. The van der Waals surface area contributed by atoms with E-state index in [4.69, 9.17) is 4.74 Å². The van der Waals surface area contributed by atoms with Crippen LogP contribution < -0.4 is 0 Å². The molecule has 0 aromatic heterocycles. The zero-order chi connectivity index (χ0) is 12.8. The number of rotatable bonds is 2. The largest absolute Gasteiger partial charge is 0.387 e. The lowest BCUT2D eigenvalue weighted by Crippen LogP contribution is -2.68. The molecule has 1 heterocycles. The van der Waals surface area contributed by atoms with Gasteiger partial charge in [0.25, 0.3) is 0 Å². The molecule has 0 aromatic carbocycles. The molecule has 1 aliphatic heterocycles. The Morgan fingerprint density at radius 2 is 1.88 bits per heavy atom. The molecule has 1 saturated heterocycles. The van der Waals surface area contributed by atoms with Crippen molar-refractivity contribution in [3.63, 3.8) is 0 Å². The standard InChI is InChI=1S/C13H24O4/c1-7(2)9-5-4-8(3)6-13(9,16)11-10(14)12(15)17-11/h7-12,14-16H,4-6H2,1-3H3/t8-,9+,10?,11?,12?,13-/m1/s1. The van der Waals surface area contributed by atoms with Gasteiger partial charge in [-0.25, -0.2) is 0 Å². The molecular weight excluding hydrogens is 220 g/mol. The fraction of sp³-hybridized carbons (Fsp3) is 1.00. The van der Waals surface area contributed by atoms with Gasteiger partial charge in [-0.1, -0.05) is 27.2 Å². The zero-order valence-corrected chi connectivity index (χ0v) is 10.8. The van der Waals surface area contributed by atoms with Gasteiger partial charge >= 0.3 is 0 Å². The number of aliphatic hydroxyl groups is 3. The first-order chi connectivity index (χ1) is 7.86. The van der Waals surface area contributed by atoms with Crippen LogP contribution in [0.4, 0.5) is 0 Å². The Kier molecular flexibility index (Phi) is 3.51. The van der Waals surface area contributed by atoms with Crippen molar-refractivity contribution in [1.82, 2.24) is 0 Å². The highest BCUT2D eigenvalue weighted by molar-refractivity contribution is 5.05. The van der Waals surface area contributed by atoms with Crippen molar-refractivity contribution in [2.45, 2.75) is 64.1 Å². The highest BCUT2D eigenvalue weighted by Crippen LogP contribution is 2.47. The second-order valence-electron chi connectivity index (χ2n) is 6.17. The van der Waals surface area contributed by atoms with Gasteiger partial charge in [-0.3, -0.25) is 0 Å². The molecule has 0 amide bonds. The van der Waals surface area contributed by atoms with E-state index in [-0.39, 0.29) is 5.92 Å². The summed E-state index contributed by atoms with van der Waals surface area (Å²) in [6, 6.07) is 0. The Bertz CT molecular complexity index is 281. The van der Waals surface area contributed by atoms with Gasteiger partial charge in [-0.15, -0.1) is 0 Å². The predicted octanol–water partition coefficient (Wildman–Crippen LogP) is 0.888. The molecule has 17 heavy (non-hydrogen) atoms. The Hall–Kier alpha value is -0.160. The molecule has 1 aliphatic carbocycles. The number of hydrogen-bond donors (Lipinski definition) is 3.